The molecule has 0 radical (unpaired) electrons. The highest BCUT2D eigenvalue weighted by molar-refractivity contribution is 6.31. The molecule has 0 bridgehead atoms. The zero-order chi connectivity index (χ0) is 13.7. The zero-order valence-corrected chi connectivity index (χ0v) is 12.0. The van der Waals surface area contributed by atoms with Crippen molar-refractivity contribution in [1.29, 1.82) is 0 Å². The molecule has 1 saturated carbocycles. The fourth-order valence-corrected chi connectivity index (χ4v) is 3.43. The van der Waals surface area contributed by atoms with Crippen molar-refractivity contribution in [2.75, 3.05) is 0 Å². The molecule has 1 aliphatic rings. The lowest BCUT2D eigenvalue weighted by molar-refractivity contribution is 0.416. The van der Waals surface area contributed by atoms with Crippen LogP contribution in [0.25, 0.3) is 0 Å². The summed E-state index contributed by atoms with van der Waals surface area (Å²) < 4.78 is 13.4. The van der Waals surface area contributed by atoms with Crippen LogP contribution in [0.5, 0.6) is 0 Å². The van der Waals surface area contributed by atoms with E-state index in [1.54, 1.807) is 6.07 Å². The molecule has 100 valence electrons. The Labute approximate surface area is 113 Å². The normalized spacial score (nSPS) is 22.8. The van der Waals surface area contributed by atoms with Crippen LogP contribution in [-0.2, 0) is 0 Å². The van der Waals surface area contributed by atoms with Gasteiger partial charge in [0.1, 0.15) is 5.82 Å². The highest BCUT2D eigenvalue weighted by Crippen LogP contribution is 2.72. The second-order valence-electron chi connectivity index (χ2n) is 6.23. The predicted molar refractivity (Wildman–Crippen MR) is 72.5 cm³/mol. The van der Waals surface area contributed by atoms with Gasteiger partial charge >= 0.3 is 0 Å². The Morgan fingerprint density at radius 3 is 2.28 bits per heavy atom. The van der Waals surface area contributed by atoms with Gasteiger partial charge in [0.2, 0.25) is 0 Å². The minimum Gasteiger partial charge on any atom is -0.271 e. The van der Waals surface area contributed by atoms with Gasteiger partial charge in [-0.3, -0.25) is 11.3 Å². The lowest BCUT2D eigenvalue weighted by Gasteiger charge is -2.20. The van der Waals surface area contributed by atoms with E-state index < -0.39 is 0 Å². The quantitative estimate of drug-likeness (QED) is 0.650. The monoisotopic (exact) mass is 270 g/mol. The maximum Gasteiger partial charge on any atom is 0.123 e. The summed E-state index contributed by atoms with van der Waals surface area (Å²) in [4.78, 5) is 0. The van der Waals surface area contributed by atoms with E-state index >= 15 is 0 Å². The molecule has 1 aromatic carbocycles. The van der Waals surface area contributed by atoms with Gasteiger partial charge in [-0.05, 0) is 40.5 Å². The highest BCUT2D eigenvalue weighted by Gasteiger charge is 2.67. The van der Waals surface area contributed by atoms with Crippen molar-refractivity contribution < 1.29 is 4.39 Å². The van der Waals surface area contributed by atoms with E-state index in [0.29, 0.717) is 10.9 Å². The third kappa shape index (κ3) is 1.85. The lowest BCUT2D eigenvalue weighted by Crippen LogP contribution is -2.31. The van der Waals surface area contributed by atoms with E-state index in [2.05, 4.69) is 33.1 Å². The topological polar surface area (TPSA) is 38.0 Å². The molecule has 1 unspecified atom stereocenters. The summed E-state index contributed by atoms with van der Waals surface area (Å²) in [6, 6.07) is 4.29. The zero-order valence-electron chi connectivity index (χ0n) is 11.2. The molecule has 1 aromatic rings. The van der Waals surface area contributed by atoms with Crippen molar-refractivity contribution in [3.63, 3.8) is 0 Å². The summed E-state index contributed by atoms with van der Waals surface area (Å²) in [5, 5.41) is 0.554. The molecule has 2 nitrogen and oxygen atoms in total. The number of hydrazine groups is 1. The van der Waals surface area contributed by atoms with Gasteiger partial charge < -0.3 is 0 Å². The first-order valence-electron chi connectivity index (χ1n) is 6.14. The summed E-state index contributed by atoms with van der Waals surface area (Å²) in [5.74, 6) is 5.72. The number of halogens is 2. The molecule has 1 fully saturated rings. The van der Waals surface area contributed by atoms with Gasteiger partial charge in [-0.15, -0.1) is 0 Å². The van der Waals surface area contributed by atoms with Gasteiger partial charge in [0.05, 0.1) is 6.04 Å². The largest absolute Gasteiger partial charge is 0.271 e. The smallest absolute Gasteiger partial charge is 0.123 e. The van der Waals surface area contributed by atoms with Crippen molar-refractivity contribution in [2.24, 2.45) is 22.6 Å². The number of hydrogen-bond acceptors (Lipinski definition) is 2. The Hall–Kier alpha value is -0.640. The summed E-state index contributed by atoms with van der Waals surface area (Å²) in [6.45, 7) is 8.81. The molecule has 0 aromatic heterocycles. The van der Waals surface area contributed by atoms with Gasteiger partial charge in [-0.25, -0.2) is 4.39 Å². The van der Waals surface area contributed by atoms with Crippen LogP contribution in [-0.4, -0.2) is 0 Å². The molecule has 0 heterocycles. The Bertz CT molecular complexity index is 457. The highest BCUT2D eigenvalue weighted by atomic mass is 35.5. The molecule has 1 aliphatic carbocycles. The Morgan fingerprint density at radius 2 is 1.83 bits per heavy atom. The molecule has 0 amide bonds. The molecule has 3 N–H and O–H groups in total. The Kier molecular flexibility index (Phi) is 3.21. The average Bonchev–Trinajstić information content (AvgIpc) is 2.67. The minimum absolute atomic E-state index is 0.127. The van der Waals surface area contributed by atoms with Crippen LogP contribution in [0.4, 0.5) is 4.39 Å². The van der Waals surface area contributed by atoms with E-state index in [4.69, 9.17) is 17.4 Å². The molecular weight excluding hydrogens is 251 g/mol. The molecule has 18 heavy (non-hydrogen) atoms. The molecule has 0 spiro atoms. The molecular formula is C14H20ClFN2. The molecule has 1 atom stereocenters. The number of rotatable bonds is 3. The van der Waals surface area contributed by atoms with E-state index in [9.17, 15) is 4.39 Å². The Morgan fingerprint density at radius 1 is 1.28 bits per heavy atom. The standard InChI is InChI=1S/C14H20ClFN2/c1-13(2)12(14(13,3)4)11(18-17)9-7-8(16)5-6-10(9)15/h5-7,11-12,18H,17H2,1-4H3. The second kappa shape index (κ2) is 4.19. The van der Waals surface area contributed by atoms with Crippen molar-refractivity contribution in [2.45, 2.75) is 33.7 Å². The van der Waals surface area contributed by atoms with Crippen LogP contribution < -0.4 is 11.3 Å². The SMILES string of the molecule is CC1(C)C(C(NN)c2cc(F)ccc2Cl)C1(C)C. The van der Waals surface area contributed by atoms with Crippen molar-refractivity contribution in [3.8, 4) is 0 Å². The van der Waals surface area contributed by atoms with Crippen LogP contribution in [0, 0.1) is 22.6 Å². The minimum atomic E-state index is -0.286. The van der Waals surface area contributed by atoms with Crippen molar-refractivity contribution in [1.82, 2.24) is 5.43 Å². The third-order valence-corrected chi connectivity index (χ3v) is 5.28. The van der Waals surface area contributed by atoms with Crippen LogP contribution in [0.3, 0.4) is 0 Å². The average molecular weight is 271 g/mol. The van der Waals surface area contributed by atoms with E-state index in [-0.39, 0.29) is 22.7 Å². The van der Waals surface area contributed by atoms with Crippen molar-refractivity contribution >= 4 is 11.6 Å². The van der Waals surface area contributed by atoms with Gasteiger partial charge in [-0.1, -0.05) is 39.3 Å². The Balaban J connectivity index is 2.39. The van der Waals surface area contributed by atoms with Crippen LogP contribution >= 0.6 is 11.6 Å². The maximum atomic E-state index is 13.4. The van der Waals surface area contributed by atoms with Gasteiger partial charge in [0.25, 0.3) is 0 Å². The first-order valence-corrected chi connectivity index (χ1v) is 6.52. The first kappa shape index (κ1) is 13.8. The molecule has 0 aliphatic heterocycles. The summed E-state index contributed by atoms with van der Waals surface area (Å²) >= 11 is 6.17. The fraction of sp³-hybridized carbons (Fsp3) is 0.571. The number of hydrogen-bond donors (Lipinski definition) is 2. The van der Waals surface area contributed by atoms with Crippen molar-refractivity contribution in [3.05, 3.63) is 34.6 Å². The van der Waals surface area contributed by atoms with Crippen LogP contribution in [0.2, 0.25) is 5.02 Å². The summed E-state index contributed by atoms with van der Waals surface area (Å²) in [7, 11) is 0. The van der Waals surface area contributed by atoms with Gasteiger partial charge in [-0.2, -0.15) is 0 Å². The molecule has 2 rings (SSSR count). The number of benzene rings is 1. The molecule has 4 heteroatoms. The number of nitrogens with two attached hydrogens (primary N) is 1. The summed E-state index contributed by atoms with van der Waals surface area (Å²) in [5.41, 5.74) is 3.85. The van der Waals surface area contributed by atoms with E-state index in [1.807, 2.05) is 0 Å². The fourth-order valence-electron chi connectivity index (χ4n) is 3.20. The second-order valence-corrected chi connectivity index (χ2v) is 6.64. The summed E-state index contributed by atoms with van der Waals surface area (Å²) in [6.07, 6.45) is 0. The van der Waals surface area contributed by atoms with E-state index in [1.165, 1.54) is 12.1 Å². The van der Waals surface area contributed by atoms with Gasteiger partial charge in [0.15, 0.2) is 0 Å². The molecule has 0 saturated heterocycles. The third-order valence-electron chi connectivity index (χ3n) is 4.94. The first-order chi connectivity index (χ1) is 8.23. The number of nitrogens with one attached hydrogen (secondary N) is 1. The van der Waals surface area contributed by atoms with Gasteiger partial charge in [0, 0.05) is 5.02 Å². The predicted octanol–water partition coefficient (Wildman–Crippen LogP) is 3.67. The lowest BCUT2D eigenvalue weighted by atomic mass is 9.97. The van der Waals surface area contributed by atoms with Crippen LogP contribution in [0.1, 0.15) is 39.3 Å². The van der Waals surface area contributed by atoms with E-state index in [0.717, 1.165) is 5.56 Å². The maximum absolute atomic E-state index is 13.4. The van der Waals surface area contributed by atoms with Crippen LogP contribution in [0.15, 0.2) is 18.2 Å².